The van der Waals surface area contributed by atoms with Gasteiger partial charge in [0.25, 0.3) is 0 Å². The van der Waals surface area contributed by atoms with Crippen molar-refractivity contribution in [3.8, 4) is 5.75 Å². The minimum atomic E-state index is -2.90. The Morgan fingerprint density at radius 2 is 2.17 bits per heavy atom. The third-order valence-corrected chi connectivity index (χ3v) is 2.33. The lowest BCUT2D eigenvalue weighted by Gasteiger charge is -2.05. The van der Waals surface area contributed by atoms with Gasteiger partial charge in [0.15, 0.2) is 5.78 Å². The fraction of sp³-hybridized carbons (Fsp3) is 0.154. The number of alkyl halides is 2. The average molecular weight is 252 g/mol. The van der Waals surface area contributed by atoms with Gasteiger partial charge in [0.1, 0.15) is 5.75 Å². The molecule has 94 valence electrons. The molecule has 0 aliphatic heterocycles. The number of hydrogen-bond acceptors (Lipinski definition) is 3. The molecular weight excluding hydrogens is 242 g/mol. The van der Waals surface area contributed by atoms with Crippen LogP contribution in [0.4, 0.5) is 8.78 Å². The van der Waals surface area contributed by atoms with E-state index in [1.807, 2.05) is 0 Å². The zero-order chi connectivity index (χ0) is 13.0. The number of rotatable bonds is 5. The third kappa shape index (κ3) is 3.16. The molecule has 0 saturated heterocycles. The molecule has 0 fully saturated rings. The molecule has 0 radical (unpaired) electrons. The van der Waals surface area contributed by atoms with Crippen molar-refractivity contribution in [1.82, 2.24) is 0 Å². The van der Waals surface area contributed by atoms with E-state index < -0.39 is 6.61 Å². The van der Waals surface area contributed by atoms with E-state index in [4.69, 9.17) is 4.42 Å². The molecule has 1 heterocycles. The Bertz CT molecular complexity index is 521. The number of hydrogen-bond donors (Lipinski definition) is 0. The summed E-state index contributed by atoms with van der Waals surface area (Å²) in [6.07, 6.45) is 3.10. The molecule has 2 rings (SSSR count). The maximum Gasteiger partial charge on any atom is 0.387 e. The van der Waals surface area contributed by atoms with Crippen molar-refractivity contribution in [2.75, 3.05) is 0 Å². The van der Waals surface area contributed by atoms with Crippen LogP contribution in [0.1, 0.15) is 15.9 Å². The topological polar surface area (TPSA) is 39.4 Å². The highest BCUT2D eigenvalue weighted by molar-refractivity contribution is 5.97. The van der Waals surface area contributed by atoms with E-state index in [1.54, 1.807) is 12.1 Å². The van der Waals surface area contributed by atoms with Gasteiger partial charge in [0, 0.05) is 12.0 Å². The van der Waals surface area contributed by atoms with E-state index in [1.165, 1.54) is 30.7 Å². The zero-order valence-corrected chi connectivity index (χ0v) is 9.31. The number of furan rings is 1. The highest BCUT2D eigenvalue weighted by atomic mass is 19.3. The lowest BCUT2D eigenvalue weighted by molar-refractivity contribution is -0.0498. The number of carbonyl (C=O) groups is 1. The van der Waals surface area contributed by atoms with Crippen LogP contribution in [0.5, 0.6) is 5.75 Å². The first-order valence-corrected chi connectivity index (χ1v) is 5.24. The van der Waals surface area contributed by atoms with Gasteiger partial charge in [-0.25, -0.2) is 0 Å². The SMILES string of the molecule is O=C(Cc1ccoc1)c1cccc(OC(F)F)c1. The lowest BCUT2D eigenvalue weighted by atomic mass is 10.1. The van der Waals surface area contributed by atoms with E-state index in [2.05, 4.69) is 4.74 Å². The Kier molecular flexibility index (Phi) is 3.72. The Morgan fingerprint density at radius 3 is 2.83 bits per heavy atom. The molecular formula is C13H10F2O3. The molecule has 0 bridgehead atoms. The molecule has 5 heteroatoms. The van der Waals surface area contributed by atoms with Crippen molar-refractivity contribution < 1.29 is 22.7 Å². The smallest absolute Gasteiger partial charge is 0.387 e. The molecule has 0 aliphatic carbocycles. The summed E-state index contributed by atoms with van der Waals surface area (Å²) in [6.45, 7) is -2.90. The summed E-state index contributed by atoms with van der Waals surface area (Å²) in [5, 5.41) is 0. The van der Waals surface area contributed by atoms with Crippen molar-refractivity contribution in [2.45, 2.75) is 13.0 Å². The summed E-state index contributed by atoms with van der Waals surface area (Å²) < 4.78 is 33.2. The molecule has 2 aromatic rings. The van der Waals surface area contributed by atoms with Crippen molar-refractivity contribution in [2.24, 2.45) is 0 Å². The largest absolute Gasteiger partial charge is 0.472 e. The van der Waals surface area contributed by atoms with Gasteiger partial charge in [-0.3, -0.25) is 4.79 Å². The molecule has 0 unspecified atom stereocenters. The van der Waals surface area contributed by atoms with Crippen LogP contribution in [0.2, 0.25) is 0 Å². The number of Topliss-reactive ketones (excluding diaryl/α,β-unsaturated/α-hetero) is 1. The molecule has 18 heavy (non-hydrogen) atoms. The second-order valence-corrected chi connectivity index (χ2v) is 3.64. The highest BCUT2D eigenvalue weighted by Crippen LogP contribution is 2.17. The van der Waals surface area contributed by atoms with Gasteiger partial charge in [-0.2, -0.15) is 8.78 Å². The van der Waals surface area contributed by atoms with Gasteiger partial charge in [0.05, 0.1) is 12.5 Å². The second kappa shape index (κ2) is 5.44. The number of ether oxygens (including phenoxy) is 1. The van der Waals surface area contributed by atoms with E-state index >= 15 is 0 Å². The number of halogens is 2. The number of ketones is 1. The standard InChI is InChI=1S/C13H10F2O3/c14-13(15)18-11-3-1-2-10(7-11)12(16)6-9-4-5-17-8-9/h1-5,7-8,13H,6H2. The van der Waals surface area contributed by atoms with E-state index in [9.17, 15) is 13.6 Å². The molecule has 0 saturated carbocycles. The second-order valence-electron chi connectivity index (χ2n) is 3.64. The maximum atomic E-state index is 12.0. The maximum absolute atomic E-state index is 12.0. The van der Waals surface area contributed by atoms with Gasteiger partial charge in [-0.05, 0) is 23.8 Å². The molecule has 1 aromatic carbocycles. The first-order valence-electron chi connectivity index (χ1n) is 5.24. The Balaban J connectivity index is 2.10. The van der Waals surface area contributed by atoms with Crippen LogP contribution in [0.15, 0.2) is 47.3 Å². The summed E-state index contributed by atoms with van der Waals surface area (Å²) in [6, 6.07) is 7.41. The van der Waals surface area contributed by atoms with Crippen molar-refractivity contribution in [1.29, 1.82) is 0 Å². The van der Waals surface area contributed by atoms with Gasteiger partial charge in [-0.1, -0.05) is 12.1 Å². The summed E-state index contributed by atoms with van der Waals surface area (Å²) in [5.74, 6) is -0.209. The van der Waals surface area contributed by atoms with Crippen molar-refractivity contribution in [3.63, 3.8) is 0 Å². The zero-order valence-electron chi connectivity index (χ0n) is 9.31. The van der Waals surface area contributed by atoms with Gasteiger partial charge in [-0.15, -0.1) is 0 Å². The molecule has 1 aromatic heterocycles. The third-order valence-electron chi connectivity index (χ3n) is 2.33. The molecule has 0 amide bonds. The van der Waals surface area contributed by atoms with Crippen molar-refractivity contribution in [3.05, 3.63) is 54.0 Å². The molecule has 0 aliphatic rings. The van der Waals surface area contributed by atoms with E-state index in [0.717, 1.165) is 5.56 Å². The lowest BCUT2D eigenvalue weighted by Crippen LogP contribution is -2.05. The predicted molar refractivity (Wildman–Crippen MR) is 59.8 cm³/mol. The predicted octanol–water partition coefficient (Wildman–Crippen LogP) is 3.31. The van der Waals surface area contributed by atoms with Crippen molar-refractivity contribution >= 4 is 5.78 Å². The van der Waals surface area contributed by atoms with Crippen LogP contribution in [0.3, 0.4) is 0 Å². The normalized spacial score (nSPS) is 10.6. The van der Waals surface area contributed by atoms with E-state index in [-0.39, 0.29) is 18.0 Å². The monoisotopic (exact) mass is 252 g/mol. The first kappa shape index (κ1) is 12.3. The van der Waals surface area contributed by atoms with Crippen LogP contribution in [0, 0.1) is 0 Å². The first-order chi connectivity index (χ1) is 8.65. The summed E-state index contributed by atoms with van der Waals surface area (Å²) in [7, 11) is 0. The Morgan fingerprint density at radius 1 is 1.33 bits per heavy atom. The van der Waals surface area contributed by atoms with Gasteiger partial charge >= 0.3 is 6.61 Å². The average Bonchev–Trinajstić information content (AvgIpc) is 2.81. The molecule has 0 N–H and O–H groups in total. The minimum Gasteiger partial charge on any atom is -0.472 e. The van der Waals surface area contributed by atoms with Crippen LogP contribution in [0.25, 0.3) is 0 Å². The highest BCUT2D eigenvalue weighted by Gasteiger charge is 2.10. The van der Waals surface area contributed by atoms with Crippen LogP contribution < -0.4 is 4.74 Å². The Labute approximate surface area is 102 Å². The summed E-state index contributed by atoms with van der Waals surface area (Å²) in [5.41, 5.74) is 1.06. The van der Waals surface area contributed by atoms with Crippen LogP contribution >= 0.6 is 0 Å². The van der Waals surface area contributed by atoms with Crippen LogP contribution in [-0.4, -0.2) is 12.4 Å². The Hall–Kier alpha value is -2.17. The van der Waals surface area contributed by atoms with Crippen LogP contribution in [-0.2, 0) is 6.42 Å². The number of carbonyl (C=O) groups excluding carboxylic acids is 1. The van der Waals surface area contributed by atoms with Gasteiger partial charge < -0.3 is 9.15 Å². The van der Waals surface area contributed by atoms with Gasteiger partial charge in [0.2, 0.25) is 0 Å². The summed E-state index contributed by atoms with van der Waals surface area (Å²) >= 11 is 0. The molecule has 0 spiro atoms. The quantitative estimate of drug-likeness (QED) is 0.766. The minimum absolute atomic E-state index is 0.0250. The molecule has 0 atom stereocenters. The fourth-order valence-corrected chi connectivity index (χ4v) is 1.53. The summed E-state index contributed by atoms with van der Waals surface area (Å²) in [4.78, 5) is 11.9. The fourth-order valence-electron chi connectivity index (χ4n) is 1.53. The number of benzene rings is 1. The van der Waals surface area contributed by atoms with E-state index in [0.29, 0.717) is 5.56 Å². The molecule has 3 nitrogen and oxygen atoms in total.